The van der Waals surface area contributed by atoms with Gasteiger partial charge in [-0.2, -0.15) is 0 Å². The van der Waals surface area contributed by atoms with Crippen molar-refractivity contribution in [3.05, 3.63) is 0 Å². The van der Waals surface area contributed by atoms with Gasteiger partial charge in [-0.25, -0.2) is 9.24 Å². The number of carbonyl (C=O) groups is 2. The zero-order chi connectivity index (χ0) is 17.8. The molecule has 9 heteroatoms. The molecule has 2 aliphatic rings. The van der Waals surface area contributed by atoms with E-state index in [1.807, 2.05) is 13.8 Å². The van der Waals surface area contributed by atoms with Gasteiger partial charge in [-0.3, -0.25) is 18.6 Å². The Morgan fingerprint density at radius 3 is 2.58 bits per heavy atom. The number of nitrogens with one attached hydrogen (secondary N) is 1. The lowest BCUT2D eigenvalue weighted by Gasteiger charge is -2.44. The Hall–Kier alpha value is -0.950. The standard InChI is InChI=1S/C15H27N2O6P/c1-15(2)11-22-24(20,17-9-5-4-6-10-17)23-13(15)14(19)16-8-7-12(18)21-3/h13H,4-11H2,1-3H3,(H,16,19)/t13-,24-/m0/s1. The summed E-state index contributed by atoms with van der Waals surface area (Å²) in [4.78, 5) is 23.6. The minimum atomic E-state index is -3.45. The van der Waals surface area contributed by atoms with Crippen LogP contribution in [0.4, 0.5) is 0 Å². The van der Waals surface area contributed by atoms with Crippen LogP contribution in [-0.4, -0.2) is 56.0 Å². The first kappa shape index (κ1) is 19.4. The first-order chi connectivity index (χ1) is 11.3. The minimum Gasteiger partial charge on any atom is -0.469 e. The lowest BCUT2D eigenvalue weighted by Crippen LogP contribution is -2.51. The molecule has 0 spiro atoms. The lowest BCUT2D eigenvalue weighted by molar-refractivity contribution is -0.142. The zero-order valence-electron chi connectivity index (χ0n) is 14.6. The Kier molecular flexibility index (Phi) is 6.42. The van der Waals surface area contributed by atoms with Gasteiger partial charge in [0.05, 0.1) is 20.1 Å². The highest BCUT2D eigenvalue weighted by atomic mass is 31.2. The smallest absolute Gasteiger partial charge is 0.408 e. The maximum atomic E-state index is 13.0. The molecule has 0 aromatic carbocycles. The number of carbonyl (C=O) groups excluding carboxylic acids is 2. The van der Waals surface area contributed by atoms with Crippen LogP contribution in [0, 0.1) is 5.41 Å². The first-order valence-electron chi connectivity index (χ1n) is 8.31. The summed E-state index contributed by atoms with van der Waals surface area (Å²) in [5.41, 5.74) is -0.612. The van der Waals surface area contributed by atoms with Gasteiger partial charge in [0.15, 0.2) is 6.10 Å². The molecular formula is C15H27N2O6P. The molecular weight excluding hydrogens is 335 g/mol. The van der Waals surface area contributed by atoms with Gasteiger partial charge in [0, 0.05) is 25.0 Å². The molecule has 0 unspecified atom stereocenters. The van der Waals surface area contributed by atoms with Crippen LogP contribution < -0.4 is 5.32 Å². The molecule has 0 aliphatic carbocycles. The van der Waals surface area contributed by atoms with E-state index >= 15 is 0 Å². The number of methoxy groups -OCH3 is 1. The van der Waals surface area contributed by atoms with Gasteiger partial charge in [0.1, 0.15) is 0 Å². The fourth-order valence-corrected chi connectivity index (χ4v) is 5.06. The summed E-state index contributed by atoms with van der Waals surface area (Å²) in [7, 11) is -2.16. The average Bonchev–Trinajstić information content (AvgIpc) is 2.57. The Morgan fingerprint density at radius 2 is 1.96 bits per heavy atom. The van der Waals surface area contributed by atoms with Gasteiger partial charge in [-0.1, -0.05) is 20.3 Å². The summed E-state index contributed by atoms with van der Waals surface area (Å²) in [5, 5.41) is 2.65. The number of ether oxygens (including phenoxy) is 1. The zero-order valence-corrected chi connectivity index (χ0v) is 15.5. The second kappa shape index (κ2) is 7.95. The first-order valence-corrected chi connectivity index (χ1v) is 9.81. The Morgan fingerprint density at radius 1 is 1.29 bits per heavy atom. The van der Waals surface area contributed by atoms with Crippen molar-refractivity contribution in [3.8, 4) is 0 Å². The predicted molar refractivity (Wildman–Crippen MR) is 87.3 cm³/mol. The van der Waals surface area contributed by atoms with Crippen molar-refractivity contribution in [2.75, 3.05) is 33.4 Å². The molecule has 2 aliphatic heterocycles. The molecule has 8 nitrogen and oxygen atoms in total. The summed E-state index contributed by atoms with van der Waals surface area (Å²) in [6, 6.07) is 0. The van der Waals surface area contributed by atoms with Crippen LogP contribution in [0.15, 0.2) is 0 Å². The van der Waals surface area contributed by atoms with E-state index in [2.05, 4.69) is 10.1 Å². The molecule has 1 amide bonds. The molecule has 0 radical (unpaired) electrons. The fraction of sp³-hybridized carbons (Fsp3) is 0.867. The van der Waals surface area contributed by atoms with E-state index in [-0.39, 0.29) is 25.5 Å². The monoisotopic (exact) mass is 362 g/mol. The van der Waals surface area contributed by atoms with E-state index in [1.54, 1.807) is 4.67 Å². The van der Waals surface area contributed by atoms with Gasteiger partial charge in [-0.05, 0) is 12.8 Å². The molecule has 0 bridgehead atoms. The van der Waals surface area contributed by atoms with Crippen molar-refractivity contribution in [1.82, 2.24) is 9.99 Å². The molecule has 0 aromatic rings. The quantitative estimate of drug-likeness (QED) is 0.588. The molecule has 1 N–H and O–H groups in total. The highest BCUT2D eigenvalue weighted by Crippen LogP contribution is 2.59. The number of rotatable bonds is 5. The average molecular weight is 362 g/mol. The summed E-state index contributed by atoms with van der Waals surface area (Å²) in [6.45, 7) is 5.28. The highest BCUT2D eigenvalue weighted by molar-refractivity contribution is 7.51. The number of hydrogen-bond acceptors (Lipinski definition) is 6. The number of nitrogens with zero attached hydrogens (tertiary/aromatic N) is 1. The van der Waals surface area contributed by atoms with Crippen LogP contribution in [0.25, 0.3) is 0 Å². The molecule has 2 atom stereocenters. The van der Waals surface area contributed by atoms with Crippen LogP contribution in [0.3, 0.4) is 0 Å². The second-order valence-electron chi connectivity index (χ2n) is 6.85. The van der Waals surface area contributed by atoms with Crippen molar-refractivity contribution in [2.45, 2.75) is 45.6 Å². The summed E-state index contributed by atoms with van der Waals surface area (Å²) in [5.74, 6) is -0.786. The van der Waals surface area contributed by atoms with Crippen LogP contribution in [0.2, 0.25) is 0 Å². The summed E-state index contributed by atoms with van der Waals surface area (Å²) >= 11 is 0. The van der Waals surface area contributed by atoms with Crippen LogP contribution in [-0.2, 0) is 27.9 Å². The number of amides is 1. The molecule has 0 saturated carbocycles. The predicted octanol–water partition coefficient (Wildman–Crippen LogP) is 1.70. The summed E-state index contributed by atoms with van der Waals surface area (Å²) < 4.78 is 30.6. The molecule has 138 valence electrons. The number of esters is 1. The Labute approximate surface area is 142 Å². The molecule has 2 rings (SSSR count). The van der Waals surface area contributed by atoms with Crippen molar-refractivity contribution < 1.29 is 27.9 Å². The van der Waals surface area contributed by atoms with Gasteiger partial charge in [0.2, 0.25) is 5.91 Å². The molecule has 0 aromatic heterocycles. The number of piperidine rings is 1. The maximum Gasteiger partial charge on any atom is 0.408 e. The van der Waals surface area contributed by atoms with Gasteiger partial charge in [-0.15, -0.1) is 0 Å². The van der Waals surface area contributed by atoms with Gasteiger partial charge >= 0.3 is 13.7 Å². The van der Waals surface area contributed by atoms with E-state index in [0.29, 0.717) is 13.1 Å². The van der Waals surface area contributed by atoms with Crippen molar-refractivity contribution in [3.63, 3.8) is 0 Å². The number of hydrogen-bond donors (Lipinski definition) is 1. The molecule has 24 heavy (non-hydrogen) atoms. The van der Waals surface area contributed by atoms with E-state index in [9.17, 15) is 14.2 Å². The third-order valence-corrected chi connectivity index (χ3v) is 6.35. The maximum absolute atomic E-state index is 13.0. The van der Waals surface area contributed by atoms with Crippen LogP contribution in [0.1, 0.15) is 39.5 Å². The van der Waals surface area contributed by atoms with Crippen LogP contribution >= 0.6 is 7.75 Å². The van der Waals surface area contributed by atoms with Crippen molar-refractivity contribution in [2.24, 2.45) is 5.41 Å². The SMILES string of the molecule is COC(=O)CCNC(=O)[C@@H]1O[P@](=O)(N2CCCCC2)OCC1(C)C. The molecule has 2 saturated heterocycles. The topological polar surface area (TPSA) is 94.2 Å². The van der Waals surface area contributed by atoms with Gasteiger partial charge < -0.3 is 10.1 Å². The Bertz CT molecular complexity index is 518. The largest absolute Gasteiger partial charge is 0.469 e. The summed E-state index contributed by atoms with van der Waals surface area (Å²) in [6.07, 6.45) is 2.16. The Balaban J connectivity index is 2.01. The van der Waals surface area contributed by atoms with Gasteiger partial charge in [0.25, 0.3) is 0 Å². The lowest BCUT2D eigenvalue weighted by atomic mass is 9.87. The van der Waals surface area contributed by atoms with E-state index in [0.717, 1.165) is 19.3 Å². The van der Waals surface area contributed by atoms with E-state index in [1.165, 1.54) is 7.11 Å². The van der Waals surface area contributed by atoms with E-state index < -0.39 is 25.2 Å². The third-order valence-electron chi connectivity index (χ3n) is 4.32. The van der Waals surface area contributed by atoms with Crippen molar-refractivity contribution >= 4 is 19.6 Å². The van der Waals surface area contributed by atoms with Crippen molar-refractivity contribution in [1.29, 1.82) is 0 Å². The fourth-order valence-electron chi connectivity index (χ4n) is 2.79. The molecule has 2 fully saturated rings. The van der Waals surface area contributed by atoms with Crippen LogP contribution in [0.5, 0.6) is 0 Å². The van der Waals surface area contributed by atoms with E-state index in [4.69, 9.17) is 9.05 Å². The highest BCUT2D eigenvalue weighted by Gasteiger charge is 2.50. The third kappa shape index (κ3) is 4.57. The minimum absolute atomic E-state index is 0.0790. The second-order valence-corrected chi connectivity index (χ2v) is 8.82. The molecule has 2 heterocycles. The normalized spacial score (nSPS) is 30.5.